The Kier molecular flexibility index (Phi) is 4.55. The van der Waals surface area contributed by atoms with E-state index < -0.39 is 5.97 Å². The SMILES string of the molecule is COC(=O)c1cncc(NCc2cc(N)ccc2OC)n1. The number of esters is 1. The van der Waals surface area contributed by atoms with Crippen molar-refractivity contribution in [1.82, 2.24) is 9.97 Å². The molecule has 0 saturated carbocycles. The standard InChI is InChI=1S/C14H16N4O3/c1-20-12-4-3-10(15)5-9(12)6-17-13-8-16-7-11(18-13)14(19)21-2/h3-5,7-8H,6,15H2,1-2H3,(H,17,18). The maximum atomic E-state index is 11.4. The molecule has 7 heteroatoms. The summed E-state index contributed by atoms with van der Waals surface area (Å²) in [5.74, 6) is 0.642. The van der Waals surface area contributed by atoms with Crippen molar-refractivity contribution in [3.05, 3.63) is 41.9 Å². The molecule has 1 heterocycles. The zero-order chi connectivity index (χ0) is 15.2. The number of nitrogen functional groups attached to an aromatic ring is 1. The van der Waals surface area contributed by atoms with E-state index in [1.165, 1.54) is 19.5 Å². The van der Waals surface area contributed by atoms with E-state index in [1.54, 1.807) is 19.2 Å². The van der Waals surface area contributed by atoms with Gasteiger partial charge in [0.2, 0.25) is 0 Å². The summed E-state index contributed by atoms with van der Waals surface area (Å²) in [4.78, 5) is 19.5. The highest BCUT2D eigenvalue weighted by Crippen LogP contribution is 2.21. The third-order valence-electron chi connectivity index (χ3n) is 2.79. The Morgan fingerprint density at radius 2 is 2.14 bits per heavy atom. The summed E-state index contributed by atoms with van der Waals surface area (Å²) in [6.07, 6.45) is 2.86. The quantitative estimate of drug-likeness (QED) is 0.634. The van der Waals surface area contributed by atoms with Gasteiger partial charge in [0.05, 0.1) is 26.6 Å². The zero-order valence-electron chi connectivity index (χ0n) is 11.8. The molecule has 0 saturated heterocycles. The van der Waals surface area contributed by atoms with Crippen LogP contribution in [0.3, 0.4) is 0 Å². The molecule has 1 aromatic carbocycles. The lowest BCUT2D eigenvalue weighted by Crippen LogP contribution is -2.09. The van der Waals surface area contributed by atoms with Gasteiger partial charge in [0, 0.05) is 17.8 Å². The van der Waals surface area contributed by atoms with Crippen molar-refractivity contribution >= 4 is 17.5 Å². The maximum absolute atomic E-state index is 11.4. The summed E-state index contributed by atoms with van der Waals surface area (Å²) >= 11 is 0. The minimum absolute atomic E-state index is 0.141. The fourth-order valence-corrected chi connectivity index (χ4v) is 1.78. The molecule has 3 N–H and O–H groups in total. The van der Waals surface area contributed by atoms with Crippen LogP contribution in [0.15, 0.2) is 30.6 Å². The highest BCUT2D eigenvalue weighted by Gasteiger charge is 2.09. The van der Waals surface area contributed by atoms with Gasteiger partial charge in [-0.15, -0.1) is 0 Å². The van der Waals surface area contributed by atoms with Gasteiger partial charge in [-0.1, -0.05) is 0 Å². The van der Waals surface area contributed by atoms with Crippen LogP contribution in [0.4, 0.5) is 11.5 Å². The number of rotatable bonds is 5. The molecule has 0 aliphatic rings. The normalized spacial score (nSPS) is 10.0. The van der Waals surface area contributed by atoms with Gasteiger partial charge in [0.1, 0.15) is 11.6 Å². The molecule has 0 radical (unpaired) electrons. The maximum Gasteiger partial charge on any atom is 0.358 e. The zero-order valence-corrected chi connectivity index (χ0v) is 11.8. The summed E-state index contributed by atoms with van der Waals surface area (Å²) in [6, 6.07) is 5.37. The average Bonchev–Trinajstić information content (AvgIpc) is 2.52. The summed E-state index contributed by atoms with van der Waals surface area (Å²) in [5, 5.41) is 3.07. The predicted octanol–water partition coefficient (Wildman–Crippen LogP) is 1.47. The molecule has 0 fully saturated rings. The third kappa shape index (κ3) is 3.59. The first-order valence-corrected chi connectivity index (χ1v) is 6.20. The number of methoxy groups -OCH3 is 2. The lowest BCUT2D eigenvalue weighted by molar-refractivity contribution is 0.0593. The molecule has 0 atom stereocenters. The number of hydrogen-bond acceptors (Lipinski definition) is 7. The number of benzene rings is 1. The first kappa shape index (κ1) is 14.6. The van der Waals surface area contributed by atoms with Crippen LogP contribution in [0.1, 0.15) is 16.1 Å². The lowest BCUT2D eigenvalue weighted by atomic mass is 10.2. The van der Waals surface area contributed by atoms with Gasteiger partial charge in [-0.3, -0.25) is 4.98 Å². The predicted molar refractivity (Wildman–Crippen MR) is 78.1 cm³/mol. The van der Waals surface area contributed by atoms with Crippen molar-refractivity contribution in [3.63, 3.8) is 0 Å². The molecule has 7 nitrogen and oxygen atoms in total. The summed E-state index contributed by atoms with van der Waals surface area (Å²) in [6.45, 7) is 0.438. The average molecular weight is 288 g/mol. The van der Waals surface area contributed by atoms with Gasteiger partial charge in [-0.25, -0.2) is 9.78 Å². The number of hydrogen-bond donors (Lipinski definition) is 2. The second kappa shape index (κ2) is 6.56. The van der Waals surface area contributed by atoms with Crippen molar-refractivity contribution in [2.75, 3.05) is 25.3 Å². The van der Waals surface area contributed by atoms with Gasteiger partial charge in [-0.2, -0.15) is 0 Å². The monoisotopic (exact) mass is 288 g/mol. The Labute approximate surface area is 122 Å². The summed E-state index contributed by atoms with van der Waals surface area (Å²) in [7, 11) is 2.88. The number of nitrogens with one attached hydrogen (secondary N) is 1. The third-order valence-corrected chi connectivity index (χ3v) is 2.79. The van der Waals surface area contributed by atoms with Crippen molar-refractivity contribution in [2.24, 2.45) is 0 Å². The van der Waals surface area contributed by atoms with Crippen LogP contribution in [0.2, 0.25) is 0 Å². The first-order valence-electron chi connectivity index (χ1n) is 6.20. The smallest absolute Gasteiger partial charge is 0.358 e. The van der Waals surface area contributed by atoms with E-state index in [4.69, 9.17) is 10.5 Å². The summed E-state index contributed by atoms with van der Waals surface area (Å²) < 4.78 is 9.86. The molecule has 2 rings (SSSR count). The Morgan fingerprint density at radius 3 is 2.86 bits per heavy atom. The molecule has 0 amide bonds. The largest absolute Gasteiger partial charge is 0.496 e. The molecule has 1 aromatic heterocycles. The van der Waals surface area contributed by atoms with Crippen LogP contribution in [0.25, 0.3) is 0 Å². The Bertz CT molecular complexity index is 646. The number of carbonyl (C=O) groups is 1. The van der Waals surface area contributed by atoms with Crippen molar-refractivity contribution in [2.45, 2.75) is 6.54 Å². The number of nitrogens with zero attached hydrogens (tertiary/aromatic N) is 2. The van der Waals surface area contributed by atoms with E-state index in [-0.39, 0.29) is 5.69 Å². The second-order valence-corrected chi connectivity index (χ2v) is 4.21. The van der Waals surface area contributed by atoms with Crippen molar-refractivity contribution < 1.29 is 14.3 Å². The highest BCUT2D eigenvalue weighted by molar-refractivity contribution is 5.87. The van der Waals surface area contributed by atoms with Gasteiger partial charge in [0.25, 0.3) is 0 Å². The molecule has 0 unspecified atom stereocenters. The number of carbonyl (C=O) groups excluding carboxylic acids is 1. The Hall–Kier alpha value is -2.83. The van der Waals surface area contributed by atoms with Gasteiger partial charge in [-0.05, 0) is 18.2 Å². The van der Waals surface area contributed by atoms with E-state index >= 15 is 0 Å². The van der Waals surface area contributed by atoms with E-state index in [0.717, 1.165) is 5.56 Å². The molecular formula is C14H16N4O3. The number of nitrogens with two attached hydrogens (primary N) is 1. The van der Waals surface area contributed by atoms with Crippen LogP contribution in [0, 0.1) is 0 Å². The molecule has 21 heavy (non-hydrogen) atoms. The fraction of sp³-hybridized carbons (Fsp3) is 0.214. The fourth-order valence-electron chi connectivity index (χ4n) is 1.78. The molecular weight excluding hydrogens is 272 g/mol. The second-order valence-electron chi connectivity index (χ2n) is 4.21. The molecule has 110 valence electrons. The Balaban J connectivity index is 2.13. The number of ether oxygens (including phenoxy) is 2. The van der Waals surface area contributed by atoms with E-state index in [9.17, 15) is 4.79 Å². The Morgan fingerprint density at radius 1 is 1.33 bits per heavy atom. The molecule has 0 aliphatic heterocycles. The molecule has 0 aliphatic carbocycles. The minimum atomic E-state index is -0.535. The van der Waals surface area contributed by atoms with Crippen LogP contribution in [-0.2, 0) is 11.3 Å². The van der Waals surface area contributed by atoms with E-state index in [0.29, 0.717) is 23.8 Å². The van der Waals surface area contributed by atoms with Crippen LogP contribution in [-0.4, -0.2) is 30.2 Å². The molecule has 0 spiro atoms. The van der Waals surface area contributed by atoms with Crippen LogP contribution in [0.5, 0.6) is 5.75 Å². The number of aromatic nitrogens is 2. The van der Waals surface area contributed by atoms with Crippen molar-refractivity contribution in [1.29, 1.82) is 0 Å². The minimum Gasteiger partial charge on any atom is -0.496 e. The topological polar surface area (TPSA) is 99.4 Å². The van der Waals surface area contributed by atoms with Crippen LogP contribution >= 0.6 is 0 Å². The van der Waals surface area contributed by atoms with E-state index in [2.05, 4.69) is 20.0 Å². The molecule has 2 aromatic rings. The van der Waals surface area contributed by atoms with Crippen molar-refractivity contribution in [3.8, 4) is 5.75 Å². The molecule has 0 bridgehead atoms. The highest BCUT2D eigenvalue weighted by atomic mass is 16.5. The van der Waals surface area contributed by atoms with E-state index in [1.807, 2.05) is 6.07 Å². The van der Waals surface area contributed by atoms with Crippen LogP contribution < -0.4 is 15.8 Å². The first-order chi connectivity index (χ1) is 10.1. The summed E-state index contributed by atoms with van der Waals surface area (Å²) in [5.41, 5.74) is 7.42. The number of anilines is 2. The van der Waals surface area contributed by atoms with Gasteiger partial charge in [0.15, 0.2) is 5.69 Å². The lowest BCUT2D eigenvalue weighted by Gasteiger charge is -2.11. The van der Waals surface area contributed by atoms with Gasteiger partial charge < -0.3 is 20.5 Å². The van der Waals surface area contributed by atoms with Gasteiger partial charge >= 0.3 is 5.97 Å².